The van der Waals surface area contributed by atoms with E-state index in [4.69, 9.17) is 9.84 Å². The predicted molar refractivity (Wildman–Crippen MR) is 152 cm³/mol. The van der Waals surface area contributed by atoms with E-state index in [2.05, 4.69) is 34.5 Å². The number of rotatable bonds is 13. The lowest BCUT2D eigenvalue weighted by molar-refractivity contribution is -0.139. The summed E-state index contributed by atoms with van der Waals surface area (Å²) in [6, 6.07) is 12.7. The molecule has 38 heavy (non-hydrogen) atoms. The molecule has 3 rings (SSSR count). The van der Waals surface area contributed by atoms with Crippen molar-refractivity contribution in [1.82, 2.24) is 10.2 Å². The van der Waals surface area contributed by atoms with Gasteiger partial charge in [-0.05, 0) is 66.1 Å². The molecule has 0 saturated carbocycles. The molecule has 2 aromatic rings. The number of ether oxygens (including phenoxy) is 1. The van der Waals surface area contributed by atoms with Gasteiger partial charge in [0.15, 0.2) is 0 Å². The number of benzene rings is 2. The van der Waals surface area contributed by atoms with E-state index in [1.54, 1.807) is 42.5 Å². The maximum atomic E-state index is 14.6. The number of aliphatic hydroxyl groups is 2. The Hall–Kier alpha value is -2.76. The highest BCUT2D eigenvalue weighted by Gasteiger charge is 2.40. The van der Waals surface area contributed by atoms with Crippen LogP contribution in [0.2, 0.25) is 0 Å². The summed E-state index contributed by atoms with van der Waals surface area (Å²) in [6.07, 6.45) is 3.68. The molecule has 204 valence electrons. The highest BCUT2D eigenvalue weighted by atomic mass is 127. The molecule has 1 aliphatic carbocycles. The minimum Gasteiger partial charge on any atom is -0.482 e. The number of halogens is 2. The van der Waals surface area contributed by atoms with Crippen LogP contribution in [0.3, 0.4) is 0 Å². The van der Waals surface area contributed by atoms with Gasteiger partial charge in [0.05, 0.1) is 16.2 Å². The van der Waals surface area contributed by atoms with Crippen molar-refractivity contribution in [1.29, 1.82) is 0 Å². The molecule has 0 fully saturated rings. The second-order valence-corrected chi connectivity index (χ2v) is 10.3. The lowest BCUT2D eigenvalue weighted by atomic mass is 9.87. The lowest BCUT2D eigenvalue weighted by Gasteiger charge is -2.40. The Morgan fingerprint density at radius 3 is 2.63 bits per heavy atom. The topological polar surface area (TPSA) is 99.1 Å². The van der Waals surface area contributed by atoms with E-state index >= 15 is 0 Å². The quantitative estimate of drug-likeness (QED) is 0.175. The summed E-state index contributed by atoms with van der Waals surface area (Å²) < 4.78 is 21.6. The van der Waals surface area contributed by atoms with E-state index in [1.807, 2.05) is 12.1 Å². The van der Waals surface area contributed by atoms with Crippen LogP contribution in [0.4, 0.5) is 4.39 Å². The first-order chi connectivity index (χ1) is 18.3. The van der Waals surface area contributed by atoms with Crippen LogP contribution in [0.5, 0.6) is 5.75 Å². The van der Waals surface area contributed by atoms with Crippen molar-refractivity contribution < 1.29 is 28.9 Å². The Morgan fingerprint density at radius 2 is 1.92 bits per heavy atom. The van der Waals surface area contributed by atoms with E-state index in [0.29, 0.717) is 23.3 Å². The zero-order valence-corrected chi connectivity index (χ0v) is 23.3. The molecule has 9 heteroatoms. The highest BCUT2D eigenvalue weighted by Crippen LogP contribution is 2.31. The summed E-state index contributed by atoms with van der Waals surface area (Å²) in [5.74, 6) is -0.589. The average Bonchev–Trinajstić information content (AvgIpc) is 2.91. The van der Waals surface area contributed by atoms with Crippen molar-refractivity contribution in [3.8, 4) is 5.75 Å². The second kappa shape index (κ2) is 15.0. The first-order valence-corrected chi connectivity index (χ1v) is 13.8. The Bertz CT molecular complexity index is 1140. The molecule has 0 bridgehead atoms. The summed E-state index contributed by atoms with van der Waals surface area (Å²) in [4.78, 5) is 27.9. The lowest BCUT2D eigenvalue weighted by Crippen LogP contribution is -2.54. The molecule has 0 saturated heterocycles. The fourth-order valence-corrected chi connectivity index (χ4v) is 4.89. The van der Waals surface area contributed by atoms with E-state index in [0.717, 1.165) is 16.4 Å². The molecule has 2 aromatic carbocycles. The maximum Gasteiger partial charge on any atom is 0.247 e. The van der Waals surface area contributed by atoms with Crippen molar-refractivity contribution in [2.24, 2.45) is 0 Å². The maximum absolute atomic E-state index is 14.6. The van der Waals surface area contributed by atoms with Gasteiger partial charge < -0.3 is 25.2 Å². The minimum atomic E-state index is -1.18. The van der Waals surface area contributed by atoms with Gasteiger partial charge in [0.25, 0.3) is 0 Å². The number of unbranched alkanes of at least 4 members (excludes halogenated alkanes) is 2. The standard InChI is InChI=1S/C29H34FIN2O5/c1-2-3-4-5-14-27(35)33(19-20-10-6-7-11-22(20)30)24-17-21(29(37)32-15-16-34)18-26(28(24)36)38-25-13-9-8-12-23(25)31/h2,6-13,18,24,26,28,34,36H,1,3-5,14-17,19H2,(H,32,37)/t24-,26+,28+/m1/s1. The number of hydrogen-bond donors (Lipinski definition) is 3. The van der Waals surface area contributed by atoms with Gasteiger partial charge in [0, 0.05) is 37.1 Å². The van der Waals surface area contributed by atoms with Crippen LogP contribution in [0.25, 0.3) is 0 Å². The van der Waals surface area contributed by atoms with Gasteiger partial charge in [-0.25, -0.2) is 4.39 Å². The second-order valence-electron chi connectivity index (χ2n) is 9.09. The molecular weight excluding hydrogens is 602 g/mol. The first-order valence-electron chi connectivity index (χ1n) is 12.7. The number of amides is 2. The van der Waals surface area contributed by atoms with Crippen LogP contribution in [-0.4, -0.2) is 58.3 Å². The molecule has 0 aromatic heterocycles. The number of para-hydroxylation sites is 1. The van der Waals surface area contributed by atoms with E-state index in [9.17, 15) is 19.1 Å². The molecule has 0 spiro atoms. The van der Waals surface area contributed by atoms with Crippen molar-refractivity contribution in [3.63, 3.8) is 0 Å². The third kappa shape index (κ3) is 8.12. The number of nitrogens with zero attached hydrogens (tertiary/aromatic N) is 1. The Morgan fingerprint density at radius 1 is 1.18 bits per heavy atom. The van der Waals surface area contributed by atoms with Crippen molar-refractivity contribution >= 4 is 34.4 Å². The van der Waals surface area contributed by atoms with Crippen LogP contribution in [0.15, 0.2) is 72.8 Å². The summed E-state index contributed by atoms with van der Waals surface area (Å²) >= 11 is 2.12. The number of aliphatic hydroxyl groups excluding tert-OH is 2. The average molecular weight is 637 g/mol. The Balaban J connectivity index is 1.96. The van der Waals surface area contributed by atoms with Crippen molar-refractivity contribution in [2.45, 2.75) is 56.9 Å². The van der Waals surface area contributed by atoms with Crippen molar-refractivity contribution in [2.75, 3.05) is 13.2 Å². The highest BCUT2D eigenvalue weighted by molar-refractivity contribution is 14.1. The fraction of sp³-hybridized carbons (Fsp3) is 0.379. The van der Waals surface area contributed by atoms with Gasteiger partial charge in [0.2, 0.25) is 11.8 Å². The van der Waals surface area contributed by atoms with Crippen LogP contribution in [0, 0.1) is 9.39 Å². The number of nitrogens with one attached hydrogen (secondary N) is 1. The third-order valence-corrected chi connectivity index (χ3v) is 7.27. The molecule has 2 amide bonds. The van der Waals surface area contributed by atoms with Gasteiger partial charge in [-0.3, -0.25) is 9.59 Å². The first kappa shape index (κ1) is 29.8. The molecule has 0 unspecified atom stereocenters. The predicted octanol–water partition coefficient (Wildman–Crippen LogP) is 4.12. The van der Waals surface area contributed by atoms with E-state index < -0.39 is 30.0 Å². The molecular formula is C29H34FIN2O5. The molecule has 0 aliphatic heterocycles. The van der Waals surface area contributed by atoms with Gasteiger partial charge in [-0.2, -0.15) is 0 Å². The van der Waals surface area contributed by atoms with Gasteiger partial charge in [-0.15, -0.1) is 6.58 Å². The van der Waals surface area contributed by atoms with Gasteiger partial charge in [-0.1, -0.05) is 36.4 Å². The summed E-state index contributed by atoms with van der Waals surface area (Å²) in [6.45, 7) is 3.49. The summed E-state index contributed by atoms with van der Waals surface area (Å²) in [5, 5.41) is 23.3. The molecule has 0 radical (unpaired) electrons. The molecule has 3 N–H and O–H groups in total. The molecule has 7 nitrogen and oxygen atoms in total. The monoisotopic (exact) mass is 636 g/mol. The zero-order valence-electron chi connectivity index (χ0n) is 21.2. The Kier molecular flexibility index (Phi) is 11.8. The molecule has 3 atom stereocenters. The van der Waals surface area contributed by atoms with E-state index in [1.165, 1.54) is 11.0 Å². The SMILES string of the molecule is C=CCCCCC(=O)N(Cc1ccccc1F)[C@@H]1CC(C(=O)NCCO)=C[C@H](Oc2ccccc2I)[C@H]1O. The smallest absolute Gasteiger partial charge is 0.247 e. The largest absolute Gasteiger partial charge is 0.482 e. The zero-order chi connectivity index (χ0) is 27.5. The van der Waals surface area contributed by atoms with Crippen LogP contribution < -0.4 is 10.1 Å². The van der Waals surface area contributed by atoms with Gasteiger partial charge in [0.1, 0.15) is 23.8 Å². The fourth-order valence-electron chi connectivity index (χ4n) is 4.38. The molecule has 1 aliphatic rings. The normalized spacial score (nSPS) is 18.8. The number of carbonyl (C=O) groups is 2. The minimum absolute atomic E-state index is 0.0526. The van der Waals surface area contributed by atoms with Crippen LogP contribution in [0.1, 0.15) is 37.7 Å². The van der Waals surface area contributed by atoms with Crippen LogP contribution >= 0.6 is 22.6 Å². The summed E-state index contributed by atoms with van der Waals surface area (Å²) in [7, 11) is 0. The third-order valence-electron chi connectivity index (χ3n) is 6.38. The van der Waals surface area contributed by atoms with E-state index in [-0.39, 0.29) is 38.4 Å². The van der Waals surface area contributed by atoms with Crippen molar-refractivity contribution in [3.05, 3.63) is 87.8 Å². The van der Waals surface area contributed by atoms with Gasteiger partial charge >= 0.3 is 0 Å². The number of carbonyl (C=O) groups excluding carboxylic acids is 2. The number of allylic oxidation sites excluding steroid dienone is 1. The number of hydrogen-bond acceptors (Lipinski definition) is 5. The summed E-state index contributed by atoms with van der Waals surface area (Å²) in [5.41, 5.74) is 0.637. The molecule has 0 heterocycles. The van der Waals surface area contributed by atoms with Crippen LogP contribution in [-0.2, 0) is 16.1 Å². The Labute approximate surface area is 236 Å².